The molecule has 29 heavy (non-hydrogen) atoms. The molecule has 0 radical (unpaired) electrons. The molecule has 1 aromatic heterocycles. The minimum absolute atomic E-state index is 0.0895. The first kappa shape index (κ1) is 18.7. The number of amides is 1. The van der Waals surface area contributed by atoms with Crippen LogP contribution in [0.5, 0.6) is 5.75 Å². The number of benzene rings is 3. The van der Waals surface area contributed by atoms with Gasteiger partial charge in [0.1, 0.15) is 16.9 Å². The van der Waals surface area contributed by atoms with Crippen molar-refractivity contribution >= 4 is 33.5 Å². The van der Waals surface area contributed by atoms with E-state index in [1.807, 2.05) is 39.0 Å². The Hall–Kier alpha value is -3.60. The van der Waals surface area contributed by atoms with Crippen molar-refractivity contribution in [3.05, 3.63) is 81.5 Å². The fourth-order valence-electron chi connectivity index (χ4n) is 3.61. The quantitative estimate of drug-likeness (QED) is 0.506. The summed E-state index contributed by atoms with van der Waals surface area (Å²) in [4.78, 5) is 25.0. The van der Waals surface area contributed by atoms with Gasteiger partial charge in [-0.3, -0.25) is 9.59 Å². The summed E-state index contributed by atoms with van der Waals surface area (Å²) in [5, 5.41) is 3.81. The van der Waals surface area contributed by atoms with Gasteiger partial charge in [0, 0.05) is 11.8 Å². The lowest BCUT2D eigenvalue weighted by Crippen LogP contribution is -2.20. The molecular weight excluding hydrogens is 366 g/mol. The van der Waals surface area contributed by atoms with Gasteiger partial charge in [0.15, 0.2) is 6.61 Å². The average molecular weight is 387 g/mol. The maximum absolute atomic E-state index is 12.6. The molecule has 4 rings (SSSR count). The zero-order valence-corrected chi connectivity index (χ0v) is 16.5. The van der Waals surface area contributed by atoms with Gasteiger partial charge in [0.2, 0.25) is 5.43 Å². The predicted molar refractivity (Wildman–Crippen MR) is 115 cm³/mol. The number of anilines is 1. The Morgan fingerprint density at radius 1 is 0.931 bits per heavy atom. The zero-order chi connectivity index (χ0) is 20.5. The summed E-state index contributed by atoms with van der Waals surface area (Å²) in [6.07, 6.45) is 0. The van der Waals surface area contributed by atoms with Crippen LogP contribution in [0.1, 0.15) is 16.7 Å². The van der Waals surface area contributed by atoms with E-state index in [1.54, 1.807) is 36.4 Å². The maximum atomic E-state index is 12.6. The van der Waals surface area contributed by atoms with Gasteiger partial charge in [-0.1, -0.05) is 29.8 Å². The minimum Gasteiger partial charge on any atom is -0.483 e. The Morgan fingerprint density at radius 3 is 2.38 bits per heavy atom. The van der Waals surface area contributed by atoms with Gasteiger partial charge in [-0.05, 0) is 56.2 Å². The third-order valence-corrected chi connectivity index (χ3v) is 4.81. The average Bonchev–Trinajstić information content (AvgIpc) is 2.67. The maximum Gasteiger partial charge on any atom is 0.262 e. The number of aryl methyl sites for hydroxylation is 3. The molecule has 5 nitrogen and oxygen atoms in total. The molecule has 4 aromatic rings. The SMILES string of the molecule is Cc1cc(C)c(OCC(=O)Nc2ccc3c(=O)c4ccccc4oc3c2)c(C)c1. The van der Waals surface area contributed by atoms with Crippen molar-refractivity contribution in [2.24, 2.45) is 0 Å². The second kappa shape index (κ2) is 7.43. The van der Waals surface area contributed by atoms with Crippen molar-refractivity contribution < 1.29 is 13.9 Å². The fourth-order valence-corrected chi connectivity index (χ4v) is 3.61. The highest BCUT2D eigenvalue weighted by molar-refractivity contribution is 5.96. The van der Waals surface area contributed by atoms with Crippen LogP contribution in [0.25, 0.3) is 21.9 Å². The molecule has 0 atom stereocenters. The molecule has 3 aromatic carbocycles. The standard InChI is InChI=1S/C24H21NO4/c1-14-10-15(2)24(16(3)11-14)28-13-22(26)25-17-8-9-19-21(12-17)29-20-7-5-4-6-18(20)23(19)27/h4-12H,13H2,1-3H3,(H,25,26). The van der Waals surface area contributed by atoms with Gasteiger partial charge in [0.25, 0.3) is 5.91 Å². The van der Waals surface area contributed by atoms with Gasteiger partial charge in [-0.25, -0.2) is 0 Å². The normalized spacial score (nSPS) is 11.0. The molecule has 0 saturated heterocycles. The Kier molecular flexibility index (Phi) is 4.80. The number of hydrogen-bond donors (Lipinski definition) is 1. The molecular formula is C24H21NO4. The molecule has 1 amide bonds. The third kappa shape index (κ3) is 3.72. The summed E-state index contributed by atoms with van der Waals surface area (Å²) in [7, 11) is 0. The van der Waals surface area contributed by atoms with Crippen molar-refractivity contribution in [1.82, 2.24) is 0 Å². The molecule has 0 unspecified atom stereocenters. The lowest BCUT2D eigenvalue weighted by atomic mass is 10.1. The highest BCUT2D eigenvalue weighted by Crippen LogP contribution is 2.25. The van der Waals surface area contributed by atoms with Gasteiger partial charge >= 0.3 is 0 Å². The van der Waals surface area contributed by atoms with Crippen LogP contribution < -0.4 is 15.5 Å². The van der Waals surface area contributed by atoms with Crippen molar-refractivity contribution in [2.45, 2.75) is 20.8 Å². The molecule has 5 heteroatoms. The number of ether oxygens (including phenoxy) is 1. The number of hydrogen-bond acceptors (Lipinski definition) is 4. The first-order valence-corrected chi connectivity index (χ1v) is 9.38. The molecule has 0 fully saturated rings. The highest BCUT2D eigenvalue weighted by Gasteiger charge is 2.11. The van der Waals surface area contributed by atoms with Crippen LogP contribution in [0, 0.1) is 20.8 Å². The number of carbonyl (C=O) groups excluding carboxylic acids is 1. The second-order valence-electron chi connectivity index (χ2n) is 7.20. The topological polar surface area (TPSA) is 68.5 Å². The summed E-state index contributed by atoms with van der Waals surface area (Å²) >= 11 is 0. The van der Waals surface area contributed by atoms with Crippen molar-refractivity contribution in [3.63, 3.8) is 0 Å². The fraction of sp³-hybridized carbons (Fsp3) is 0.167. The minimum atomic E-state index is -0.285. The van der Waals surface area contributed by atoms with Crippen LogP contribution in [-0.2, 0) is 4.79 Å². The molecule has 0 aliphatic heterocycles. The summed E-state index contributed by atoms with van der Waals surface area (Å²) in [6, 6.07) is 16.2. The van der Waals surface area contributed by atoms with E-state index in [1.165, 1.54) is 0 Å². The Labute approximate surface area is 167 Å². The first-order chi connectivity index (χ1) is 13.9. The van der Waals surface area contributed by atoms with Gasteiger partial charge in [-0.2, -0.15) is 0 Å². The van der Waals surface area contributed by atoms with Crippen molar-refractivity contribution in [1.29, 1.82) is 0 Å². The van der Waals surface area contributed by atoms with Gasteiger partial charge < -0.3 is 14.5 Å². The molecule has 0 aliphatic rings. The van der Waals surface area contributed by atoms with E-state index >= 15 is 0 Å². The Balaban J connectivity index is 1.54. The molecule has 0 spiro atoms. The van der Waals surface area contributed by atoms with Crippen molar-refractivity contribution in [3.8, 4) is 5.75 Å². The van der Waals surface area contributed by atoms with Crippen molar-refractivity contribution in [2.75, 3.05) is 11.9 Å². The molecule has 0 aliphatic carbocycles. The lowest BCUT2D eigenvalue weighted by molar-refractivity contribution is -0.118. The van der Waals surface area contributed by atoms with Crippen LogP contribution in [-0.4, -0.2) is 12.5 Å². The summed E-state index contributed by atoms with van der Waals surface area (Å²) in [6.45, 7) is 5.84. The van der Waals surface area contributed by atoms with E-state index in [9.17, 15) is 9.59 Å². The predicted octanol–water partition coefficient (Wildman–Crippen LogP) is 4.89. The number of carbonyl (C=O) groups is 1. The smallest absolute Gasteiger partial charge is 0.262 e. The zero-order valence-electron chi connectivity index (χ0n) is 16.5. The summed E-state index contributed by atoms with van der Waals surface area (Å²) < 4.78 is 11.6. The lowest BCUT2D eigenvalue weighted by Gasteiger charge is -2.13. The Morgan fingerprint density at radius 2 is 1.62 bits per heavy atom. The van der Waals surface area contributed by atoms with Crippen LogP contribution in [0.3, 0.4) is 0 Å². The van der Waals surface area contributed by atoms with E-state index in [2.05, 4.69) is 5.32 Å². The summed E-state index contributed by atoms with van der Waals surface area (Å²) in [5.41, 5.74) is 4.54. The monoisotopic (exact) mass is 387 g/mol. The van der Waals surface area contributed by atoms with Crippen LogP contribution in [0.15, 0.2) is 63.8 Å². The molecule has 0 saturated carbocycles. The summed E-state index contributed by atoms with van der Waals surface area (Å²) in [5.74, 6) is 0.439. The van der Waals surface area contributed by atoms with Crippen LogP contribution >= 0.6 is 0 Å². The van der Waals surface area contributed by atoms with E-state index in [4.69, 9.17) is 9.15 Å². The third-order valence-electron chi connectivity index (χ3n) is 4.81. The van der Waals surface area contributed by atoms with Crippen LogP contribution in [0.4, 0.5) is 5.69 Å². The molecule has 1 N–H and O–H groups in total. The van der Waals surface area contributed by atoms with Gasteiger partial charge in [0.05, 0.1) is 10.8 Å². The second-order valence-corrected chi connectivity index (χ2v) is 7.20. The van der Waals surface area contributed by atoms with Crippen LogP contribution in [0.2, 0.25) is 0 Å². The van der Waals surface area contributed by atoms with E-state index in [-0.39, 0.29) is 17.9 Å². The van der Waals surface area contributed by atoms with E-state index in [0.717, 1.165) is 22.4 Å². The van der Waals surface area contributed by atoms with Gasteiger partial charge in [-0.15, -0.1) is 0 Å². The van der Waals surface area contributed by atoms with E-state index in [0.29, 0.717) is 27.6 Å². The van der Waals surface area contributed by atoms with E-state index < -0.39 is 0 Å². The number of fused-ring (bicyclic) bond motifs is 2. The first-order valence-electron chi connectivity index (χ1n) is 9.38. The molecule has 146 valence electrons. The Bertz CT molecular complexity index is 1280. The number of para-hydroxylation sites is 1. The molecule has 0 bridgehead atoms. The number of nitrogens with one attached hydrogen (secondary N) is 1. The number of rotatable bonds is 4. The largest absolute Gasteiger partial charge is 0.483 e. The molecule has 1 heterocycles. The highest BCUT2D eigenvalue weighted by atomic mass is 16.5.